The summed E-state index contributed by atoms with van der Waals surface area (Å²) in [7, 11) is 0. The van der Waals surface area contributed by atoms with Crippen molar-refractivity contribution in [2.75, 3.05) is 5.32 Å². The minimum atomic E-state index is -0.0487. The third-order valence-corrected chi connectivity index (χ3v) is 4.13. The first-order valence-corrected chi connectivity index (χ1v) is 8.13. The minimum Gasteiger partial charge on any atom is -0.364 e. The summed E-state index contributed by atoms with van der Waals surface area (Å²) < 4.78 is 2.07. The molecular weight excluding hydrogens is 302 g/mol. The third-order valence-electron chi connectivity index (χ3n) is 4.13. The molecule has 0 radical (unpaired) electrons. The second-order valence-corrected chi connectivity index (χ2v) is 6.16. The first-order chi connectivity index (χ1) is 11.7. The van der Waals surface area contributed by atoms with E-state index in [1.165, 1.54) is 0 Å². The topological polar surface area (TPSA) is 71.3 Å². The van der Waals surface area contributed by atoms with Crippen molar-refractivity contribution in [1.82, 2.24) is 19.7 Å². The zero-order valence-electron chi connectivity index (χ0n) is 13.5. The highest BCUT2D eigenvalue weighted by Gasteiger charge is 2.23. The monoisotopic (exact) mass is 321 g/mol. The van der Waals surface area contributed by atoms with E-state index < -0.39 is 0 Å². The van der Waals surface area contributed by atoms with Gasteiger partial charge in [0, 0.05) is 24.1 Å². The van der Waals surface area contributed by atoms with E-state index in [9.17, 15) is 4.79 Å². The highest BCUT2D eigenvalue weighted by atomic mass is 16.1. The maximum Gasteiger partial charge on any atom is 0.253 e. The number of aryl methyl sites for hydroxylation is 1. The van der Waals surface area contributed by atoms with E-state index in [1.54, 1.807) is 12.3 Å². The number of rotatable bonds is 5. The van der Waals surface area contributed by atoms with Crippen molar-refractivity contribution in [3.8, 4) is 0 Å². The van der Waals surface area contributed by atoms with E-state index in [4.69, 9.17) is 0 Å². The Morgan fingerprint density at radius 2 is 2.17 bits per heavy atom. The Labute approximate surface area is 139 Å². The number of fused-ring (bicyclic) bond motifs is 1. The summed E-state index contributed by atoms with van der Waals surface area (Å²) in [5, 5.41) is 6.20. The number of hydrogen-bond donors (Lipinski definition) is 2. The van der Waals surface area contributed by atoms with E-state index in [0.717, 1.165) is 35.7 Å². The molecule has 6 heteroatoms. The number of hydrogen-bond acceptors (Lipinski definition) is 4. The van der Waals surface area contributed by atoms with Gasteiger partial charge in [-0.15, -0.1) is 0 Å². The van der Waals surface area contributed by atoms with Crippen LogP contribution in [0.2, 0.25) is 0 Å². The van der Waals surface area contributed by atoms with Gasteiger partial charge in [-0.2, -0.15) is 0 Å². The Balaban J connectivity index is 1.41. The summed E-state index contributed by atoms with van der Waals surface area (Å²) in [6, 6.07) is 10.0. The van der Waals surface area contributed by atoms with Crippen LogP contribution in [-0.2, 0) is 6.54 Å². The lowest BCUT2D eigenvalue weighted by atomic mass is 10.2. The molecule has 3 aromatic rings. The van der Waals surface area contributed by atoms with E-state index in [-0.39, 0.29) is 5.91 Å². The van der Waals surface area contributed by atoms with Gasteiger partial charge in [0.2, 0.25) is 0 Å². The largest absolute Gasteiger partial charge is 0.364 e. The van der Waals surface area contributed by atoms with Crippen LogP contribution >= 0.6 is 0 Å². The number of carbonyl (C=O) groups is 1. The van der Waals surface area contributed by atoms with Crippen LogP contribution in [0.3, 0.4) is 0 Å². The molecular formula is C18H19N5O. The minimum absolute atomic E-state index is 0.0487. The molecule has 0 spiro atoms. The molecule has 1 aliphatic carbocycles. The quantitative estimate of drug-likeness (QED) is 0.757. The van der Waals surface area contributed by atoms with Crippen molar-refractivity contribution in [1.29, 1.82) is 0 Å². The summed E-state index contributed by atoms with van der Waals surface area (Å²) in [6.45, 7) is 2.64. The molecule has 0 bridgehead atoms. The first-order valence-electron chi connectivity index (χ1n) is 8.13. The number of carbonyl (C=O) groups excluding carboxylic acids is 1. The van der Waals surface area contributed by atoms with Gasteiger partial charge in [-0.3, -0.25) is 4.79 Å². The van der Waals surface area contributed by atoms with Gasteiger partial charge in [-0.05, 0) is 44.0 Å². The summed E-state index contributed by atoms with van der Waals surface area (Å²) in [5.74, 6) is 0.680. The molecule has 0 atom stereocenters. The fourth-order valence-corrected chi connectivity index (χ4v) is 2.59. The van der Waals surface area contributed by atoms with Crippen molar-refractivity contribution in [3.63, 3.8) is 0 Å². The van der Waals surface area contributed by atoms with Crippen LogP contribution in [-0.4, -0.2) is 26.3 Å². The van der Waals surface area contributed by atoms with Crippen LogP contribution in [0.1, 0.15) is 34.6 Å². The van der Waals surface area contributed by atoms with E-state index in [0.29, 0.717) is 18.2 Å². The predicted octanol–water partition coefficient (Wildman–Crippen LogP) is 2.54. The molecule has 6 nitrogen and oxygen atoms in total. The van der Waals surface area contributed by atoms with Crippen molar-refractivity contribution >= 4 is 17.4 Å². The number of amides is 1. The zero-order chi connectivity index (χ0) is 16.5. The van der Waals surface area contributed by atoms with Crippen molar-refractivity contribution < 1.29 is 4.79 Å². The van der Waals surface area contributed by atoms with E-state index in [1.807, 2.05) is 24.4 Å². The Morgan fingerprint density at radius 3 is 2.88 bits per heavy atom. The standard InChI is InChI=1S/C18H19N5O/c1-12-3-2-4-17-21-15(11-23(12)17)10-20-16-8-5-13(9-19-16)18(24)22-14-6-7-14/h2-5,8-9,11,14H,6-7,10H2,1H3,(H,19,20)(H,22,24). The third kappa shape index (κ3) is 3.08. The molecule has 1 amide bonds. The second-order valence-electron chi connectivity index (χ2n) is 6.16. The first kappa shape index (κ1) is 14.7. The molecule has 1 aliphatic rings. The maximum absolute atomic E-state index is 11.9. The number of imidazole rings is 1. The number of anilines is 1. The summed E-state index contributed by atoms with van der Waals surface area (Å²) in [4.78, 5) is 20.8. The molecule has 0 aromatic carbocycles. The molecule has 0 unspecified atom stereocenters. The Hall–Kier alpha value is -2.89. The van der Waals surface area contributed by atoms with Gasteiger partial charge in [0.25, 0.3) is 5.91 Å². The average molecular weight is 321 g/mol. The molecule has 24 heavy (non-hydrogen) atoms. The Kier molecular flexibility index (Phi) is 3.65. The summed E-state index contributed by atoms with van der Waals surface area (Å²) >= 11 is 0. The predicted molar refractivity (Wildman–Crippen MR) is 92.0 cm³/mol. The molecule has 2 N–H and O–H groups in total. The molecule has 0 aliphatic heterocycles. The fraction of sp³-hybridized carbons (Fsp3) is 0.278. The van der Waals surface area contributed by atoms with Gasteiger partial charge in [0.05, 0.1) is 17.8 Å². The highest BCUT2D eigenvalue weighted by molar-refractivity contribution is 5.94. The van der Waals surface area contributed by atoms with Gasteiger partial charge in [-0.1, -0.05) is 6.07 Å². The van der Waals surface area contributed by atoms with E-state index in [2.05, 4.69) is 38.0 Å². The van der Waals surface area contributed by atoms with Gasteiger partial charge >= 0.3 is 0 Å². The SMILES string of the molecule is Cc1cccc2nc(CNc3ccc(C(=O)NC4CC4)cn3)cn12. The maximum atomic E-state index is 11.9. The fourth-order valence-electron chi connectivity index (χ4n) is 2.59. The van der Waals surface area contributed by atoms with Crippen LogP contribution in [0.4, 0.5) is 5.82 Å². The number of nitrogens with zero attached hydrogens (tertiary/aromatic N) is 3. The summed E-state index contributed by atoms with van der Waals surface area (Å²) in [6.07, 6.45) is 5.79. The zero-order valence-corrected chi connectivity index (χ0v) is 13.5. The summed E-state index contributed by atoms with van der Waals surface area (Å²) in [5.41, 5.74) is 3.62. The normalized spacial score (nSPS) is 13.9. The average Bonchev–Trinajstić information content (AvgIpc) is 3.30. The lowest BCUT2D eigenvalue weighted by Gasteiger charge is -2.05. The lowest BCUT2D eigenvalue weighted by Crippen LogP contribution is -2.25. The number of pyridine rings is 2. The number of nitrogens with one attached hydrogen (secondary N) is 2. The smallest absolute Gasteiger partial charge is 0.253 e. The molecule has 3 heterocycles. The molecule has 122 valence electrons. The molecule has 4 rings (SSSR count). The lowest BCUT2D eigenvalue weighted by molar-refractivity contribution is 0.0951. The van der Waals surface area contributed by atoms with Gasteiger partial charge in [0.1, 0.15) is 11.5 Å². The highest BCUT2D eigenvalue weighted by Crippen LogP contribution is 2.19. The van der Waals surface area contributed by atoms with Gasteiger partial charge in [-0.25, -0.2) is 9.97 Å². The Morgan fingerprint density at radius 1 is 1.29 bits per heavy atom. The van der Waals surface area contributed by atoms with Crippen LogP contribution < -0.4 is 10.6 Å². The van der Waals surface area contributed by atoms with Gasteiger partial charge in [0.15, 0.2) is 0 Å². The van der Waals surface area contributed by atoms with Crippen LogP contribution in [0.5, 0.6) is 0 Å². The molecule has 3 aromatic heterocycles. The molecule has 1 saturated carbocycles. The van der Waals surface area contributed by atoms with Gasteiger partial charge < -0.3 is 15.0 Å². The van der Waals surface area contributed by atoms with Crippen molar-refractivity contribution in [2.24, 2.45) is 0 Å². The van der Waals surface area contributed by atoms with Crippen LogP contribution in [0.15, 0.2) is 42.7 Å². The number of aromatic nitrogens is 3. The Bertz CT molecular complexity index is 880. The van der Waals surface area contributed by atoms with E-state index >= 15 is 0 Å². The van der Waals surface area contributed by atoms with Crippen LogP contribution in [0, 0.1) is 6.92 Å². The second kappa shape index (κ2) is 5.96. The van der Waals surface area contributed by atoms with Crippen molar-refractivity contribution in [3.05, 3.63) is 59.7 Å². The van der Waals surface area contributed by atoms with Crippen molar-refractivity contribution in [2.45, 2.75) is 32.4 Å². The molecule has 0 saturated heterocycles. The van der Waals surface area contributed by atoms with Crippen LogP contribution in [0.25, 0.3) is 5.65 Å². The molecule has 1 fully saturated rings.